The van der Waals surface area contributed by atoms with Crippen molar-refractivity contribution in [3.05, 3.63) is 29.7 Å². The Balaban J connectivity index is 1.33. The van der Waals surface area contributed by atoms with E-state index in [1.807, 2.05) is 32.6 Å². The number of ether oxygens (including phenoxy) is 2. The van der Waals surface area contributed by atoms with E-state index in [-0.39, 0.29) is 35.7 Å². The zero-order valence-corrected chi connectivity index (χ0v) is 28.5. The second-order valence-electron chi connectivity index (χ2n) is 12.6. The molecule has 2 aromatic heterocycles. The summed E-state index contributed by atoms with van der Waals surface area (Å²) in [5.74, 6) is 13.5. The normalized spacial score (nSPS) is 18.4. The Morgan fingerprint density at radius 3 is 2.08 bits per heavy atom. The number of amides is 4. The van der Waals surface area contributed by atoms with Gasteiger partial charge in [0.25, 0.3) is 0 Å². The molecule has 2 aliphatic rings. The monoisotopic (exact) mass is 662 g/mol. The van der Waals surface area contributed by atoms with Crippen LogP contribution in [0.4, 0.5) is 15.4 Å². The van der Waals surface area contributed by atoms with Crippen LogP contribution in [0.1, 0.15) is 95.6 Å². The number of hydrogen-bond donors (Lipinski definition) is 4. The van der Waals surface area contributed by atoms with Gasteiger partial charge in [0.2, 0.25) is 11.8 Å². The fourth-order valence-corrected chi connectivity index (χ4v) is 5.96. The number of aromatic nitrogens is 4. The summed E-state index contributed by atoms with van der Waals surface area (Å²) in [5.41, 5.74) is 0.642. The minimum absolute atomic E-state index is 0.0167. The highest BCUT2D eigenvalue weighted by Crippen LogP contribution is 2.33. The van der Waals surface area contributed by atoms with Gasteiger partial charge in [0, 0.05) is 25.9 Å². The summed E-state index contributed by atoms with van der Waals surface area (Å²) < 4.78 is 9.34. The number of carbonyl (C=O) groups excluding carboxylic acids is 4. The van der Waals surface area contributed by atoms with Gasteiger partial charge in [-0.3, -0.25) is 14.9 Å². The number of hydrogen-bond acceptors (Lipinski definition) is 8. The van der Waals surface area contributed by atoms with Gasteiger partial charge in [-0.25, -0.2) is 19.6 Å². The van der Waals surface area contributed by atoms with Crippen molar-refractivity contribution < 1.29 is 28.7 Å². The van der Waals surface area contributed by atoms with E-state index in [4.69, 9.17) is 4.74 Å². The van der Waals surface area contributed by atoms with E-state index in [9.17, 15) is 19.2 Å². The number of methoxy groups -OCH3 is 2. The molecule has 14 heteroatoms. The first-order valence-electron chi connectivity index (χ1n) is 16.4. The average Bonchev–Trinajstić information content (AvgIpc) is 3.88. The number of alkyl carbamates (subject to hydrolysis) is 1. The van der Waals surface area contributed by atoms with Gasteiger partial charge < -0.3 is 34.6 Å². The Morgan fingerprint density at radius 1 is 0.854 bits per heavy atom. The van der Waals surface area contributed by atoms with Crippen LogP contribution in [0.5, 0.6) is 0 Å². The lowest BCUT2D eigenvalue weighted by Gasteiger charge is -2.29. The van der Waals surface area contributed by atoms with Gasteiger partial charge in [0.1, 0.15) is 35.1 Å². The predicted octanol–water partition coefficient (Wildman–Crippen LogP) is 4.13. The Bertz CT molecular complexity index is 1570. The zero-order valence-electron chi connectivity index (χ0n) is 28.5. The summed E-state index contributed by atoms with van der Waals surface area (Å²) in [4.78, 5) is 69.2. The van der Waals surface area contributed by atoms with Crippen LogP contribution < -0.4 is 10.6 Å². The summed E-state index contributed by atoms with van der Waals surface area (Å²) in [5, 5.41) is 5.22. The molecule has 4 amide bonds. The van der Waals surface area contributed by atoms with Crippen molar-refractivity contribution in [2.75, 3.05) is 32.6 Å². The number of likely N-dealkylation sites (tertiary alicyclic amines) is 2. The van der Waals surface area contributed by atoms with Gasteiger partial charge in [-0.05, 0) is 43.4 Å². The van der Waals surface area contributed by atoms with Crippen molar-refractivity contribution in [2.24, 2.45) is 17.8 Å². The maximum absolute atomic E-state index is 13.6. The van der Waals surface area contributed by atoms with E-state index in [2.05, 4.69) is 59.0 Å². The van der Waals surface area contributed by atoms with Crippen molar-refractivity contribution >= 4 is 29.8 Å². The molecule has 0 aromatic carbocycles. The molecule has 2 saturated heterocycles. The molecule has 4 N–H and O–H groups in total. The predicted molar refractivity (Wildman–Crippen MR) is 177 cm³/mol. The summed E-state index contributed by atoms with van der Waals surface area (Å²) in [6.07, 6.45) is 6.15. The van der Waals surface area contributed by atoms with Crippen LogP contribution >= 0.6 is 0 Å². The van der Waals surface area contributed by atoms with E-state index < -0.39 is 24.1 Å². The Hall–Kier alpha value is -4.98. The van der Waals surface area contributed by atoms with E-state index in [0.29, 0.717) is 49.1 Å². The Morgan fingerprint density at radius 2 is 1.46 bits per heavy atom. The zero-order chi connectivity index (χ0) is 34.8. The van der Waals surface area contributed by atoms with Crippen molar-refractivity contribution in [1.29, 1.82) is 0 Å². The Labute approximate surface area is 281 Å². The van der Waals surface area contributed by atoms with Gasteiger partial charge in [-0.2, -0.15) is 0 Å². The molecular formula is C34H46N8O6. The highest BCUT2D eigenvalue weighted by molar-refractivity contribution is 5.86. The lowest BCUT2D eigenvalue weighted by molar-refractivity contribution is -0.136. The maximum atomic E-state index is 13.6. The average molecular weight is 663 g/mol. The smallest absolute Gasteiger partial charge is 0.412 e. The minimum atomic E-state index is -0.697. The van der Waals surface area contributed by atoms with Gasteiger partial charge in [-0.15, -0.1) is 5.92 Å². The molecule has 4 rings (SSSR count). The van der Waals surface area contributed by atoms with Crippen LogP contribution in [0.3, 0.4) is 0 Å². The molecular weight excluding hydrogens is 616 g/mol. The topological polar surface area (TPSA) is 175 Å². The number of anilines is 1. The second kappa shape index (κ2) is 16.7. The summed E-state index contributed by atoms with van der Waals surface area (Å²) in [6, 6.07) is -1.15. The number of unbranched alkanes of at least 4 members (excludes halogenated alkanes) is 1. The fourth-order valence-electron chi connectivity index (χ4n) is 5.96. The first-order chi connectivity index (χ1) is 23.0. The van der Waals surface area contributed by atoms with E-state index in [1.54, 1.807) is 11.1 Å². The van der Waals surface area contributed by atoms with Gasteiger partial charge in [0.15, 0.2) is 0 Å². The van der Waals surface area contributed by atoms with Gasteiger partial charge in [0.05, 0.1) is 38.7 Å². The van der Waals surface area contributed by atoms with Gasteiger partial charge in [-0.1, -0.05) is 39.5 Å². The number of rotatable bonds is 9. The molecule has 2 unspecified atom stereocenters. The van der Waals surface area contributed by atoms with Crippen LogP contribution in [-0.2, 0) is 19.1 Å². The Kier molecular flexibility index (Phi) is 12.5. The third kappa shape index (κ3) is 8.88. The number of imidazole rings is 2. The maximum Gasteiger partial charge on any atom is 0.412 e. The lowest BCUT2D eigenvalue weighted by atomic mass is 9.94. The molecule has 258 valence electrons. The molecule has 2 aromatic rings. The molecule has 0 radical (unpaired) electrons. The van der Waals surface area contributed by atoms with Crippen molar-refractivity contribution in [3.63, 3.8) is 0 Å². The van der Waals surface area contributed by atoms with Crippen LogP contribution in [0.25, 0.3) is 0 Å². The fraction of sp³-hybridized carbons (Fsp3) is 0.588. The first kappa shape index (κ1) is 35.9. The third-order valence-electron chi connectivity index (χ3n) is 8.50. The number of H-pyrrole nitrogens is 2. The molecule has 0 saturated carbocycles. The van der Waals surface area contributed by atoms with Crippen LogP contribution in [0.2, 0.25) is 0 Å². The van der Waals surface area contributed by atoms with Crippen molar-refractivity contribution in [2.45, 2.75) is 84.3 Å². The standard InChI is InChI=1S/C34H46N8O6/c1-21(2)24(31(43)41-17-11-16-26(41)30-36-20-27(38-30)39-33(45)47-5)14-10-8-7-9-13-23-19-35-29(37-23)25-15-12-18-42(25)32(44)28(22(3)4)40-34(46)48-6/h19-22,24-26,28H,7-8,11-12,15-18H2,1-6H3,(H,35,37)(H,36,38)(H,39,45)(H,40,46)/t24-,25?,26+,28?/m0/s1. The second-order valence-corrected chi connectivity index (χ2v) is 12.6. The molecule has 2 fully saturated rings. The van der Waals surface area contributed by atoms with Crippen molar-refractivity contribution in [3.8, 4) is 23.7 Å². The first-order valence-corrected chi connectivity index (χ1v) is 16.4. The molecule has 2 aliphatic heterocycles. The third-order valence-corrected chi connectivity index (χ3v) is 8.50. The summed E-state index contributed by atoms with van der Waals surface area (Å²) in [7, 11) is 2.56. The molecule has 4 heterocycles. The van der Waals surface area contributed by atoms with Crippen LogP contribution in [0, 0.1) is 41.4 Å². The minimum Gasteiger partial charge on any atom is -0.453 e. The highest BCUT2D eigenvalue weighted by Gasteiger charge is 2.38. The number of nitrogens with one attached hydrogen (secondary N) is 4. The lowest BCUT2D eigenvalue weighted by Crippen LogP contribution is -2.51. The molecule has 4 atom stereocenters. The van der Waals surface area contributed by atoms with Crippen LogP contribution in [0.15, 0.2) is 12.4 Å². The quantitative estimate of drug-likeness (QED) is 0.229. The SMILES string of the molecule is COC(=O)Nc1cnc([C@H]2CCCN2C(=O)[C@@H](C#CCCC#Cc2cnc(C3CCCN3C(=O)C(NC(=O)OC)C(C)C)[nH]2)C(C)C)[nH]1. The van der Waals surface area contributed by atoms with Crippen LogP contribution in [-0.4, -0.2) is 87.1 Å². The molecule has 48 heavy (non-hydrogen) atoms. The number of aromatic amines is 2. The molecule has 14 nitrogen and oxygen atoms in total. The van der Waals surface area contributed by atoms with E-state index >= 15 is 0 Å². The van der Waals surface area contributed by atoms with E-state index in [1.165, 1.54) is 20.4 Å². The largest absolute Gasteiger partial charge is 0.453 e. The van der Waals surface area contributed by atoms with Crippen molar-refractivity contribution in [1.82, 2.24) is 35.1 Å². The number of nitrogens with zero attached hydrogens (tertiary/aromatic N) is 4. The highest BCUT2D eigenvalue weighted by atomic mass is 16.5. The molecule has 0 aliphatic carbocycles. The summed E-state index contributed by atoms with van der Waals surface area (Å²) in [6.45, 7) is 8.92. The van der Waals surface area contributed by atoms with Gasteiger partial charge >= 0.3 is 12.2 Å². The molecule has 0 bridgehead atoms. The molecule has 0 spiro atoms. The summed E-state index contributed by atoms with van der Waals surface area (Å²) >= 11 is 0. The number of carbonyl (C=O) groups is 4. The van der Waals surface area contributed by atoms with E-state index in [0.717, 1.165) is 25.7 Å².